The topological polar surface area (TPSA) is 40.5 Å². The molecule has 0 radical (unpaired) electrons. The zero-order valence-corrected chi connectivity index (χ0v) is 11.1. The van der Waals surface area contributed by atoms with Crippen molar-refractivity contribution in [2.24, 2.45) is 5.92 Å². The highest BCUT2D eigenvalue weighted by Crippen LogP contribution is 2.29. The van der Waals surface area contributed by atoms with E-state index >= 15 is 0 Å². The summed E-state index contributed by atoms with van der Waals surface area (Å²) in [4.78, 5) is 13.1. The van der Waals surface area contributed by atoms with E-state index in [1.54, 1.807) is 12.1 Å². The first kappa shape index (κ1) is 12.9. The van der Waals surface area contributed by atoms with Crippen molar-refractivity contribution in [3.05, 3.63) is 29.8 Å². The van der Waals surface area contributed by atoms with Crippen LogP contribution in [-0.4, -0.2) is 24.2 Å². The second kappa shape index (κ2) is 5.42. The maximum Gasteiger partial charge on any atom is 0.335 e. The van der Waals surface area contributed by atoms with Gasteiger partial charge < -0.3 is 10.0 Å². The number of hydrogen-bond acceptors (Lipinski definition) is 2. The average molecular weight is 247 g/mol. The monoisotopic (exact) mass is 247 g/mol. The zero-order valence-electron chi connectivity index (χ0n) is 11.1. The van der Waals surface area contributed by atoms with E-state index in [0.29, 0.717) is 11.6 Å². The smallest absolute Gasteiger partial charge is 0.335 e. The Balaban J connectivity index is 2.04. The number of anilines is 1. The molecule has 0 spiro atoms. The van der Waals surface area contributed by atoms with Gasteiger partial charge in [-0.1, -0.05) is 6.92 Å². The predicted octanol–water partition coefficient (Wildman–Crippen LogP) is 3.40. The van der Waals surface area contributed by atoms with Crippen LogP contribution in [0.3, 0.4) is 0 Å². The number of rotatable bonds is 3. The van der Waals surface area contributed by atoms with E-state index < -0.39 is 5.97 Å². The Morgan fingerprint density at radius 3 is 2.22 bits per heavy atom. The van der Waals surface area contributed by atoms with Crippen LogP contribution >= 0.6 is 0 Å². The largest absolute Gasteiger partial charge is 0.478 e. The zero-order chi connectivity index (χ0) is 13.1. The highest BCUT2D eigenvalue weighted by molar-refractivity contribution is 5.88. The van der Waals surface area contributed by atoms with Crippen LogP contribution in [0.1, 0.15) is 43.0 Å². The van der Waals surface area contributed by atoms with Crippen molar-refractivity contribution in [2.75, 3.05) is 11.9 Å². The van der Waals surface area contributed by atoms with E-state index in [-0.39, 0.29) is 0 Å². The van der Waals surface area contributed by atoms with Crippen LogP contribution in [0.2, 0.25) is 0 Å². The summed E-state index contributed by atoms with van der Waals surface area (Å²) in [5.41, 5.74) is 1.46. The van der Waals surface area contributed by atoms with Gasteiger partial charge in [-0.25, -0.2) is 4.79 Å². The fourth-order valence-corrected chi connectivity index (χ4v) is 2.68. The van der Waals surface area contributed by atoms with Gasteiger partial charge >= 0.3 is 5.97 Å². The van der Waals surface area contributed by atoms with Crippen molar-refractivity contribution in [1.29, 1.82) is 0 Å². The third kappa shape index (κ3) is 2.84. The minimum atomic E-state index is -0.865. The summed E-state index contributed by atoms with van der Waals surface area (Å²) in [6.07, 6.45) is 5.06. The SMILES string of the molecule is CC1CCC(N(C)c2ccc(C(=O)O)cc2)CC1. The molecule has 3 heteroatoms. The van der Waals surface area contributed by atoms with Gasteiger partial charge in [-0.15, -0.1) is 0 Å². The van der Waals surface area contributed by atoms with Gasteiger partial charge in [-0.3, -0.25) is 0 Å². The third-order valence-corrected chi connectivity index (χ3v) is 4.05. The summed E-state index contributed by atoms with van der Waals surface area (Å²) >= 11 is 0. The molecule has 0 aromatic heterocycles. The number of carboxylic acids is 1. The lowest BCUT2D eigenvalue weighted by Crippen LogP contribution is -2.34. The number of carbonyl (C=O) groups is 1. The summed E-state index contributed by atoms with van der Waals surface area (Å²) in [6, 6.07) is 7.76. The quantitative estimate of drug-likeness (QED) is 0.890. The van der Waals surface area contributed by atoms with Crippen molar-refractivity contribution < 1.29 is 9.90 Å². The number of benzene rings is 1. The molecule has 98 valence electrons. The van der Waals surface area contributed by atoms with Crippen LogP contribution in [0.4, 0.5) is 5.69 Å². The van der Waals surface area contributed by atoms with Gasteiger partial charge in [-0.05, 0) is 55.9 Å². The first-order valence-electron chi connectivity index (χ1n) is 6.64. The van der Waals surface area contributed by atoms with Crippen LogP contribution < -0.4 is 4.90 Å². The molecule has 0 saturated heterocycles. The molecular weight excluding hydrogens is 226 g/mol. The Morgan fingerprint density at radius 2 is 1.72 bits per heavy atom. The lowest BCUT2D eigenvalue weighted by molar-refractivity contribution is 0.0697. The molecule has 1 aliphatic rings. The van der Waals surface area contributed by atoms with Gasteiger partial charge in [0.05, 0.1) is 5.56 Å². The molecule has 0 bridgehead atoms. The fourth-order valence-electron chi connectivity index (χ4n) is 2.68. The van der Waals surface area contributed by atoms with Crippen molar-refractivity contribution in [2.45, 2.75) is 38.6 Å². The minimum absolute atomic E-state index is 0.351. The van der Waals surface area contributed by atoms with Crippen LogP contribution in [0.5, 0.6) is 0 Å². The van der Waals surface area contributed by atoms with Crippen molar-refractivity contribution in [3.8, 4) is 0 Å². The molecule has 0 heterocycles. The molecule has 1 N–H and O–H groups in total. The van der Waals surface area contributed by atoms with Crippen LogP contribution in [0.25, 0.3) is 0 Å². The number of aromatic carboxylic acids is 1. The predicted molar refractivity (Wildman–Crippen MR) is 73.2 cm³/mol. The molecule has 1 saturated carbocycles. The van der Waals surface area contributed by atoms with E-state index in [1.807, 2.05) is 12.1 Å². The van der Waals surface area contributed by atoms with Gasteiger partial charge in [0.1, 0.15) is 0 Å². The molecule has 18 heavy (non-hydrogen) atoms. The van der Waals surface area contributed by atoms with Crippen LogP contribution in [0, 0.1) is 5.92 Å². The first-order valence-corrected chi connectivity index (χ1v) is 6.64. The van der Waals surface area contributed by atoms with Crippen molar-refractivity contribution in [1.82, 2.24) is 0 Å². The summed E-state index contributed by atoms with van der Waals surface area (Å²) in [5, 5.41) is 8.88. The average Bonchev–Trinajstić information content (AvgIpc) is 2.39. The molecule has 1 aromatic carbocycles. The van der Waals surface area contributed by atoms with Gasteiger partial charge in [0.15, 0.2) is 0 Å². The van der Waals surface area contributed by atoms with Crippen molar-refractivity contribution in [3.63, 3.8) is 0 Å². The maximum absolute atomic E-state index is 10.8. The van der Waals surface area contributed by atoms with E-state index in [9.17, 15) is 4.79 Å². The Kier molecular flexibility index (Phi) is 3.90. The summed E-state index contributed by atoms with van der Waals surface area (Å²) in [7, 11) is 2.11. The third-order valence-electron chi connectivity index (χ3n) is 4.05. The molecule has 2 rings (SSSR count). The number of hydrogen-bond donors (Lipinski definition) is 1. The van der Waals surface area contributed by atoms with Crippen LogP contribution in [-0.2, 0) is 0 Å². The Labute approximate surface area is 108 Å². The second-order valence-electron chi connectivity index (χ2n) is 5.38. The Bertz CT molecular complexity index is 405. The van der Waals surface area contributed by atoms with Crippen LogP contribution in [0.15, 0.2) is 24.3 Å². The Hall–Kier alpha value is -1.51. The minimum Gasteiger partial charge on any atom is -0.478 e. The highest BCUT2D eigenvalue weighted by atomic mass is 16.4. The number of carboxylic acid groups (broad SMARTS) is 1. The van der Waals surface area contributed by atoms with Gasteiger partial charge in [0.2, 0.25) is 0 Å². The standard InChI is InChI=1S/C15H21NO2/c1-11-3-7-13(8-4-11)16(2)14-9-5-12(6-10-14)15(17)18/h5-6,9-11,13H,3-4,7-8H2,1-2H3,(H,17,18). The van der Waals surface area contributed by atoms with Gasteiger partial charge in [0, 0.05) is 18.8 Å². The van der Waals surface area contributed by atoms with Gasteiger partial charge in [-0.2, -0.15) is 0 Å². The molecule has 1 fully saturated rings. The molecule has 0 amide bonds. The van der Waals surface area contributed by atoms with E-state index in [1.165, 1.54) is 25.7 Å². The maximum atomic E-state index is 10.8. The molecule has 1 aliphatic carbocycles. The van der Waals surface area contributed by atoms with Gasteiger partial charge in [0.25, 0.3) is 0 Å². The number of nitrogens with zero attached hydrogens (tertiary/aromatic N) is 1. The van der Waals surface area contributed by atoms with E-state index in [2.05, 4.69) is 18.9 Å². The lowest BCUT2D eigenvalue weighted by atomic mass is 9.86. The Morgan fingerprint density at radius 1 is 1.17 bits per heavy atom. The molecule has 3 nitrogen and oxygen atoms in total. The second-order valence-corrected chi connectivity index (χ2v) is 5.38. The fraction of sp³-hybridized carbons (Fsp3) is 0.533. The molecule has 0 aliphatic heterocycles. The normalized spacial score (nSPS) is 23.7. The summed E-state index contributed by atoms with van der Waals surface area (Å²) in [6.45, 7) is 2.32. The van der Waals surface area contributed by atoms with Crippen molar-refractivity contribution >= 4 is 11.7 Å². The first-order chi connectivity index (χ1) is 8.58. The molecule has 0 unspecified atom stereocenters. The molecule has 1 aromatic rings. The lowest BCUT2D eigenvalue weighted by Gasteiger charge is -2.35. The van der Waals surface area contributed by atoms with E-state index in [4.69, 9.17) is 5.11 Å². The molecular formula is C15H21NO2. The van der Waals surface area contributed by atoms with E-state index in [0.717, 1.165) is 11.6 Å². The highest BCUT2D eigenvalue weighted by Gasteiger charge is 2.21. The summed E-state index contributed by atoms with van der Waals surface area (Å²) in [5.74, 6) is -0.0141. The molecule has 0 atom stereocenters. The summed E-state index contributed by atoms with van der Waals surface area (Å²) < 4.78 is 0.